The Labute approximate surface area is 569 Å². The number of nitrogens with two attached hydrogens (primary N) is 1. The maximum Gasteiger partial charge on any atom is 1.00 e. The average Bonchev–Trinajstić information content (AvgIpc) is 1.65. The zero-order valence-electron chi connectivity index (χ0n) is 56.0. The number of hydrogen-bond donors (Lipinski definition) is 2. The van der Waals surface area contributed by atoms with Gasteiger partial charge in [0.25, 0.3) is 5.69 Å². The third-order valence-corrected chi connectivity index (χ3v) is 18.2. The first kappa shape index (κ1) is 63.8. The van der Waals surface area contributed by atoms with E-state index in [9.17, 15) is 63.3 Å². The van der Waals surface area contributed by atoms with Crippen molar-refractivity contribution in [2.75, 3.05) is 65.9 Å². The molecule has 8 rings (SSSR count). The van der Waals surface area contributed by atoms with Crippen LogP contribution in [0.4, 0.5) is 19.0 Å². The number of sulfonamides is 3. The molecule has 0 saturated heterocycles. The van der Waals surface area contributed by atoms with E-state index in [0.29, 0.717) is 37.0 Å². The van der Waals surface area contributed by atoms with Crippen LogP contribution in [-0.4, -0.2) is 176 Å². The zero-order chi connectivity index (χ0) is 72.8. The smallest absolute Gasteiger partial charge is 0.870 e. The van der Waals surface area contributed by atoms with E-state index in [1.165, 1.54) is 36.4 Å². The van der Waals surface area contributed by atoms with E-state index in [4.69, 9.17) is 31.9 Å². The minimum Gasteiger partial charge on any atom is -0.870 e. The van der Waals surface area contributed by atoms with Gasteiger partial charge in [0.05, 0.1) is 42.1 Å². The first-order chi connectivity index (χ1) is 45.1. The summed E-state index contributed by atoms with van der Waals surface area (Å²) in [5, 5.41) is 52.1. The fourth-order valence-corrected chi connectivity index (χ4v) is 10.6. The maximum atomic E-state index is 13.6. The first-order valence-electron chi connectivity index (χ1n) is 29.0. The summed E-state index contributed by atoms with van der Waals surface area (Å²) in [6.45, 7) is -7.86. The topological polar surface area (TPSA) is 457 Å². The van der Waals surface area contributed by atoms with Gasteiger partial charge in [-0.1, -0.05) is 31.8 Å². The fourth-order valence-electron chi connectivity index (χ4n) is 6.92. The van der Waals surface area contributed by atoms with Gasteiger partial charge >= 0.3 is 46.9 Å². The number of benzene rings is 3. The molecule has 0 saturated carbocycles. The number of unbranched alkanes of at least 4 members (excludes halogenated alkanes) is 2. The molecule has 0 fully saturated rings. The molecule has 0 aliphatic heterocycles. The van der Waals surface area contributed by atoms with Crippen molar-refractivity contribution in [3.8, 4) is 34.4 Å². The molecule has 0 bridgehead atoms. The number of hydrogen-bond acceptors (Lipinski definition) is 27. The Kier molecular flexibility index (Phi) is 25.2. The Morgan fingerprint density at radius 2 is 1.07 bits per heavy atom. The molecule has 90 heavy (non-hydrogen) atoms. The van der Waals surface area contributed by atoms with Gasteiger partial charge in [0.1, 0.15) is 34.6 Å². The summed E-state index contributed by atoms with van der Waals surface area (Å²) in [6.07, 6.45) is 1.88. The summed E-state index contributed by atoms with van der Waals surface area (Å²) in [7, 11) is -8.53. The van der Waals surface area contributed by atoms with Crippen LogP contribution in [0.1, 0.15) is 67.1 Å². The van der Waals surface area contributed by atoms with Crippen LogP contribution in [0.5, 0.6) is 0 Å². The van der Waals surface area contributed by atoms with Crippen LogP contribution in [0, 0.1) is 27.6 Å². The zero-order valence-corrected chi connectivity index (χ0v) is 56.2. The molecule has 3 aromatic carbocycles. The molecule has 0 unspecified atom stereocenters. The van der Waals surface area contributed by atoms with Crippen LogP contribution in [0.15, 0.2) is 106 Å². The Morgan fingerprint density at radius 3 is 1.52 bits per heavy atom. The summed E-state index contributed by atoms with van der Waals surface area (Å²) in [5.41, 5.74) is 6.91. The van der Waals surface area contributed by atoms with Crippen molar-refractivity contribution in [2.24, 2.45) is 10.9 Å². The molecular weight excluding hydrogens is 1480 g/mol. The molecule has 0 aliphatic rings. The largest absolute Gasteiger partial charge is 1.00 e. The van der Waals surface area contributed by atoms with Crippen molar-refractivity contribution in [1.82, 2.24) is 63.3 Å². The maximum absolute atomic E-state index is 13.6. The fraction of sp³-hybridized carbons (Fsp3) is 0.383. The number of aromatic nitrogens is 10. The van der Waals surface area contributed by atoms with Crippen LogP contribution < -0.4 is 46.8 Å². The second kappa shape index (κ2) is 35.5. The van der Waals surface area contributed by atoms with Crippen molar-refractivity contribution in [2.45, 2.75) is 51.4 Å². The summed E-state index contributed by atoms with van der Waals surface area (Å²) >= 11 is 9.11. The third-order valence-electron chi connectivity index (χ3n) is 11.5. The quantitative estimate of drug-likeness (QED) is 0.0219. The van der Waals surface area contributed by atoms with Gasteiger partial charge in [-0.3, -0.25) is 9.05 Å². The molecule has 43 heteroatoms. The number of aryl methyl sites for hydroxylation is 2. The molecular formula is C47H55Br3F3N16NaO17S3. The molecule has 8 aromatic rings. The van der Waals surface area contributed by atoms with Crippen LogP contribution in [0.2, 0.25) is 0 Å². The normalized spacial score (nSPS) is 13.6. The van der Waals surface area contributed by atoms with Gasteiger partial charge in [0.2, 0.25) is 41.7 Å². The van der Waals surface area contributed by atoms with E-state index in [2.05, 4.69) is 103 Å². The van der Waals surface area contributed by atoms with Gasteiger partial charge in [-0.05, 0) is 174 Å². The number of oxime groups is 1. The Balaban J connectivity index is 0.000000356. The Morgan fingerprint density at radius 1 is 0.644 bits per heavy atom. The molecule has 4 N–H and O–H groups in total. The van der Waals surface area contributed by atoms with Crippen LogP contribution in [0.3, 0.4) is 0 Å². The van der Waals surface area contributed by atoms with Gasteiger partial charge in [0.15, 0.2) is 16.5 Å². The second-order valence-corrected chi connectivity index (χ2v) is 26.5. The molecule has 0 amide bonds. The molecule has 486 valence electrons. The van der Waals surface area contributed by atoms with Gasteiger partial charge in [-0.15, -0.1) is 4.63 Å². The van der Waals surface area contributed by atoms with Gasteiger partial charge in [-0.25, -0.2) is 79.3 Å². The molecule has 5 heterocycles. The number of halogens is 6. The van der Waals surface area contributed by atoms with Crippen LogP contribution in [0.25, 0.3) is 34.4 Å². The first-order valence-corrected chi connectivity index (χ1v) is 31.7. The summed E-state index contributed by atoms with van der Waals surface area (Å²) in [4.78, 5) is 34.0. The number of rotatable bonds is 24. The van der Waals surface area contributed by atoms with Gasteiger partial charge < -0.3 is 26.5 Å². The predicted octanol–water partition coefficient (Wildman–Crippen LogP) is 2.34. The van der Waals surface area contributed by atoms with Crippen molar-refractivity contribution in [3.63, 3.8) is 0 Å². The van der Waals surface area contributed by atoms with E-state index in [0.717, 1.165) is 42.4 Å². The van der Waals surface area contributed by atoms with E-state index in [1.54, 1.807) is 6.07 Å². The van der Waals surface area contributed by atoms with Crippen molar-refractivity contribution < 1.29 is 119 Å². The van der Waals surface area contributed by atoms with Crippen molar-refractivity contribution >= 4 is 89.4 Å². The average molecular weight is 1540 g/mol. The van der Waals surface area contributed by atoms with E-state index < -0.39 is 96.4 Å². The molecule has 0 spiro atoms. The Bertz CT molecular complexity index is 4550. The minimum absolute atomic E-state index is 0. The molecule has 0 atom stereocenters. The monoisotopic (exact) mass is 1540 g/mol. The third kappa shape index (κ3) is 21.4. The number of nitro groups is 1. The van der Waals surface area contributed by atoms with Crippen LogP contribution in [-0.2, 0) is 49.3 Å². The van der Waals surface area contributed by atoms with Gasteiger partial charge in [0, 0.05) is 60.8 Å². The molecule has 0 aliphatic carbocycles. The predicted molar refractivity (Wildman–Crippen MR) is 317 cm³/mol. The molecule has 0 radical (unpaired) electrons. The van der Waals surface area contributed by atoms with Crippen molar-refractivity contribution in [1.29, 1.82) is 0 Å². The summed E-state index contributed by atoms with van der Waals surface area (Å²) < 4.78 is 201. The standard InChI is InChI=1S/C16H17BrFN5O5S.C16H20BrFN4O4S.C10H3BrFN5O5.C5H14N2O2S.Na.H2O/c1-22(2)29(25,26)8-4-3-5-13-14(20-28-19-13)15-21-27-16(24)23(15)10-6-7-12(18)11(17)9-10;1-22(2)27(24,25)8-4-3-5-14-16(21-26-20-14)15(19-23)10-11-6-7-13(18)12(17)9-11;11-5-3-4(1-2-6(5)12)16-8(14-21-10(16)18)7-9(17(19)20)15-22-13-7;1-7(2)10(8,9)5-3-4-6;;/h6-7,9H,3-5,8H2,1-2H3;6-7,9,23H,3-5,8,10H2,1-2H3;1-3H;3-6H2,1-2H3;;1H2/q;;;;+1;/p-1/b;19-15+;;;;/i2*1D3;;1D3;;. The van der Waals surface area contributed by atoms with Crippen LogP contribution >= 0.6 is 47.8 Å². The van der Waals surface area contributed by atoms with Crippen molar-refractivity contribution in [3.05, 3.63) is 139 Å². The SMILES string of the molecule is O=c1onc(-c2nonc2[N+](=O)[O-])n1-c1ccc(F)c(Br)c1.[2H]C([2H])([2H])N(C)S(=O)(=O)CCCCc1nonc1-c1noc(=O)n1-c1ccc(F)c(Br)c1.[2H]C([2H])([2H])N(C)S(=O)(=O)CCCCc1nonc1/C(Cc1ccc(F)c(Br)c1)=N/O.[2H]C([2H])([2H])N(C)S(=O)(=O)CCCN.[Na+].[OH-]. The van der Waals surface area contributed by atoms with Gasteiger partial charge in [-0.2, -0.15) is 0 Å². The summed E-state index contributed by atoms with van der Waals surface area (Å²) in [6, 6.07) is 11.8. The molecule has 5 aromatic heterocycles. The Hall–Kier alpha value is -6.29. The minimum atomic E-state index is -3.96. The van der Waals surface area contributed by atoms with E-state index >= 15 is 0 Å². The second-order valence-electron chi connectivity index (χ2n) is 17.6. The summed E-state index contributed by atoms with van der Waals surface area (Å²) in [5.74, 6) is -5.28. The van der Waals surface area contributed by atoms with E-state index in [-0.39, 0.29) is 157 Å². The van der Waals surface area contributed by atoms with E-state index in [1.807, 2.05) is 0 Å². The number of nitrogens with zero attached hydrogens (tertiary/aromatic N) is 15. The molecule has 33 nitrogen and oxygen atoms in total.